The van der Waals surface area contributed by atoms with E-state index in [1.54, 1.807) is 11.3 Å². The largest absolute Gasteiger partial charge is 0.319 e. The maximum Gasteiger partial charge on any atom is 0.108 e. The van der Waals surface area contributed by atoms with E-state index in [4.69, 9.17) is 0 Å². The molecule has 0 radical (unpaired) electrons. The Morgan fingerprint density at radius 2 is 2.50 bits per heavy atom. The summed E-state index contributed by atoms with van der Waals surface area (Å²) in [4.78, 5) is 6.86. The molecule has 1 aliphatic heterocycles. The van der Waals surface area contributed by atoms with Crippen molar-refractivity contribution in [3.05, 3.63) is 15.0 Å². The van der Waals surface area contributed by atoms with Crippen molar-refractivity contribution in [3.63, 3.8) is 0 Å². The molecule has 2 heterocycles. The molecule has 1 N–H and O–H groups in total. The van der Waals surface area contributed by atoms with E-state index in [0.717, 1.165) is 22.8 Å². The Morgan fingerprint density at radius 3 is 3.12 bits per heavy atom. The molecule has 6 heteroatoms. The van der Waals surface area contributed by atoms with Crippen molar-refractivity contribution >= 4 is 39.7 Å². The van der Waals surface area contributed by atoms with Gasteiger partial charge in [0.15, 0.2) is 0 Å². The monoisotopic (exact) mass is 325 g/mol. The highest BCUT2D eigenvalue weighted by Crippen LogP contribution is 2.23. The van der Waals surface area contributed by atoms with Crippen LogP contribution in [0, 0.1) is 5.92 Å². The summed E-state index contributed by atoms with van der Waals surface area (Å²) in [5, 5.41) is 4.47. The van der Waals surface area contributed by atoms with Crippen molar-refractivity contribution in [1.29, 1.82) is 0 Å². The first-order valence-electron chi connectivity index (χ1n) is 5.25. The van der Waals surface area contributed by atoms with Crippen LogP contribution in [0.15, 0.2) is 9.98 Å². The lowest BCUT2D eigenvalue weighted by atomic mass is 10.1. The summed E-state index contributed by atoms with van der Waals surface area (Å²) in [6.45, 7) is 4.57. The van der Waals surface area contributed by atoms with E-state index in [-0.39, 0.29) is 12.4 Å². The van der Waals surface area contributed by atoms with Crippen LogP contribution in [0.2, 0.25) is 0 Å². The number of aromatic nitrogens is 1. The van der Waals surface area contributed by atoms with Crippen molar-refractivity contribution in [2.24, 2.45) is 5.92 Å². The molecule has 1 aliphatic rings. The van der Waals surface area contributed by atoms with Gasteiger partial charge >= 0.3 is 0 Å². The second-order valence-corrected chi connectivity index (χ2v) is 6.50. The maximum atomic E-state index is 4.36. The van der Waals surface area contributed by atoms with E-state index < -0.39 is 0 Å². The minimum absolute atomic E-state index is 0. The zero-order valence-electron chi connectivity index (χ0n) is 9.28. The predicted molar refractivity (Wildman–Crippen MR) is 74.4 cm³/mol. The normalized spacial score (nSPS) is 21.0. The average Bonchev–Trinajstić information content (AvgIpc) is 2.78. The first-order chi connectivity index (χ1) is 7.28. The zero-order valence-corrected chi connectivity index (χ0v) is 12.5. The topological polar surface area (TPSA) is 28.2 Å². The van der Waals surface area contributed by atoms with Crippen molar-refractivity contribution in [2.75, 3.05) is 26.7 Å². The number of halogens is 2. The fraction of sp³-hybridized carbons (Fsp3) is 0.700. The highest BCUT2D eigenvalue weighted by molar-refractivity contribution is 9.11. The lowest BCUT2D eigenvalue weighted by Crippen LogP contribution is -2.24. The molecule has 0 aromatic carbocycles. The fourth-order valence-corrected chi connectivity index (χ4v) is 3.41. The lowest BCUT2D eigenvalue weighted by molar-refractivity contribution is 0.315. The summed E-state index contributed by atoms with van der Waals surface area (Å²) in [6, 6.07) is 0. The minimum Gasteiger partial charge on any atom is -0.319 e. The Balaban J connectivity index is 0.00000128. The van der Waals surface area contributed by atoms with Gasteiger partial charge in [-0.25, -0.2) is 4.98 Å². The summed E-state index contributed by atoms with van der Waals surface area (Å²) in [7, 11) is 2.03. The Kier molecular flexibility index (Phi) is 6.21. The molecule has 92 valence electrons. The van der Waals surface area contributed by atoms with E-state index in [1.807, 2.05) is 13.2 Å². The minimum atomic E-state index is 0. The van der Waals surface area contributed by atoms with Gasteiger partial charge in [0, 0.05) is 6.54 Å². The summed E-state index contributed by atoms with van der Waals surface area (Å²) < 4.78 is 1.13. The fourth-order valence-electron chi connectivity index (χ4n) is 2.06. The van der Waals surface area contributed by atoms with E-state index >= 15 is 0 Å². The first kappa shape index (κ1) is 14.4. The molecule has 1 atom stereocenters. The van der Waals surface area contributed by atoms with E-state index in [2.05, 4.69) is 31.1 Å². The third kappa shape index (κ3) is 3.96. The van der Waals surface area contributed by atoms with Crippen molar-refractivity contribution in [1.82, 2.24) is 15.2 Å². The van der Waals surface area contributed by atoms with Crippen LogP contribution >= 0.6 is 39.7 Å². The standard InChI is InChI=1S/C10H16BrN3S.ClH/c1-12-4-8-2-3-14(6-8)7-10-13-5-9(11)15-10;/h5,8,12H,2-4,6-7H2,1H3;1H. The van der Waals surface area contributed by atoms with Gasteiger partial charge < -0.3 is 5.32 Å². The summed E-state index contributed by atoms with van der Waals surface area (Å²) in [6.07, 6.45) is 3.20. The molecule has 16 heavy (non-hydrogen) atoms. The molecule has 3 nitrogen and oxygen atoms in total. The van der Waals surface area contributed by atoms with Gasteiger partial charge in [0.2, 0.25) is 0 Å². The summed E-state index contributed by atoms with van der Waals surface area (Å²) in [5.74, 6) is 0.818. The highest BCUT2D eigenvalue weighted by atomic mass is 79.9. The van der Waals surface area contributed by atoms with Gasteiger partial charge in [0.1, 0.15) is 5.01 Å². The number of nitrogens with zero attached hydrogens (tertiary/aromatic N) is 2. The van der Waals surface area contributed by atoms with Gasteiger partial charge in [0.25, 0.3) is 0 Å². The smallest absolute Gasteiger partial charge is 0.108 e. The van der Waals surface area contributed by atoms with Crippen LogP contribution in [0.25, 0.3) is 0 Å². The van der Waals surface area contributed by atoms with Crippen LogP contribution in [0.1, 0.15) is 11.4 Å². The second kappa shape index (κ2) is 6.91. The summed E-state index contributed by atoms with van der Waals surface area (Å²) in [5.41, 5.74) is 0. The van der Waals surface area contributed by atoms with Gasteiger partial charge in [-0.15, -0.1) is 23.7 Å². The van der Waals surface area contributed by atoms with Gasteiger partial charge in [-0.3, -0.25) is 4.90 Å². The van der Waals surface area contributed by atoms with Crippen LogP contribution < -0.4 is 5.32 Å². The zero-order chi connectivity index (χ0) is 10.7. The number of hydrogen-bond acceptors (Lipinski definition) is 4. The summed E-state index contributed by atoms with van der Waals surface area (Å²) >= 11 is 5.18. The van der Waals surface area contributed by atoms with Gasteiger partial charge in [-0.2, -0.15) is 0 Å². The molecule has 1 aromatic heterocycles. The molecule has 0 spiro atoms. The Morgan fingerprint density at radius 1 is 1.69 bits per heavy atom. The number of likely N-dealkylation sites (tertiary alicyclic amines) is 1. The van der Waals surface area contributed by atoms with Crippen LogP contribution in [0.4, 0.5) is 0 Å². The molecule has 0 bridgehead atoms. The molecular weight excluding hydrogens is 310 g/mol. The number of rotatable bonds is 4. The second-order valence-electron chi connectivity index (χ2n) is 4.01. The Hall–Kier alpha value is 0.320. The Bertz CT molecular complexity index is 321. The lowest BCUT2D eigenvalue weighted by Gasteiger charge is -2.13. The molecule has 2 rings (SSSR count). The van der Waals surface area contributed by atoms with Crippen molar-refractivity contribution < 1.29 is 0 Å². The molecule has 0 saturated carbocycles. The quantitative estimate of drug-likeness (QED) is 0.921. The molecule has 1 aromatic rings. The van der Waals surface area contributed by atoms with Crippen LogP contribution in [0.5, 0.6) is 0 Å². The van der Waals surface area contributed by atoms with Gasteiger partial charge in [-0.05, 0) is 48.4 Å². The molecular formula is C10H17BrClN3S. The molecule has 0 aliphatic carbocycles. The SMILES string of the molecule is CNCC1CCN(Cc2ncc(Br)s2)C1.Cl. The third-order valence-electron chi connectivity index (χ3n) is 2.75. The molecule has 0 amide bonds. The van der Waals surface area contributed by atoms with Crippen LogP contribution in [0.3, 0.4) is 0 Å². The first-order valence-corrected chi connectivity index (χ1v) is 6.86. The Labute approximate surface area is 115 Å². The number of thiazole rings is 1. The van der Waals surface area contributed by atoms with E-state index in [9.17, 15) is 0 Å². The third-order valence-corrected chi connectivity index (χ3v) is 4.21. The van der Waals surface area contributed by atoms with E-state index in [1.165, 1.54) is 24.5 Å². The maximum absolute atomic E-state index is 4.36. The van der Waals surface area contributed by atoms with Crippen LogP contribution in [-0.4, -0.2) is 36.6 Å². The highest BCUT2D eigenvalue weighted by Gasteiger charge is 2.22. The van der Waals surface area contributed by atoms with Gasteiger partial charge in [-0.1, -0.05) is 0 Å². The predicted octanol–water partition coefficient (Wildman–Crippen LogP) is 2.37. The molecule has 1 fully saturated rings. The van der Waals surface area contributed by atoms with Gasteiger partial charge in [0.05, 0.1) is 16.5 Å². The number of hydrogen-bond donors (Lipinski definition) is 1. The molecule has 1 unspecified atom stereocenters. The van der Waals surface area contributed by atoms with Crippen molar-refractivity contribution in [2.45, 2.75) is 13.0 Å². The molecule has 1 saturated heterocycles. The van der Waals surface area contributed by atoms with E-state index in [0.29, 0.717) is 0 Å². The number of nitrogens with one attached hydrogen (secondary N) is 1. The van der Waals surface area contributed by atoms with Crippen molar-refractivity contribution in [3.8, 4) is 0 Å². The average molecular weight is 327 g/mol. The van der Waals surface area contributed by atoms with Crippen LogP contribution in [-0.2, 0) is 6.54 Å².